The number of unbranched alkanes of at least 4 members (excludes halogenated alkanes) is 16. The Morgan fingerprint density at radius 1 is 0.533 bits per heavy atom. The summed E-state index contributed by atoms with van der Waals surface area (Å²) in [5.74, 6) is -0.131. The summed E-state index contributed by atoms with van der Waals surface area (Å²) in [6, 6.07) is 0. The highest BCUT2D eigenvalue weighted by Gasteiger charge is 2.22. The number of ketones is 1. The van der Waals surface area contributed by atoms with Crippen molar-refractivity contribution >= 4 is 11.8 Å². The van der Waals surface area contributed by atoms with Crippen molar-refractivity contribution in [2.75, 3.05) is 20.6 Å². The van der Waals surface area contributed by atoms with Crippen LogP contribution < -0.4 is 0 Å². The molecule has 0 aliphatic heterocycles. The second-order valence-corrected chi connectivity index (χ2v) is 13.0. The summed E-state index contributed by atoms with van der Waals surface area (Å²) in [6.45, 7) is 5.14. The second-order valence-electron chi connectivity index (χ2n) is 13.0. The predicted molar refractivity (Wildman–Crippen MR) is 197 cm³/mol. The Balaban J connectivity index is 4.14. The van der Waals surface area contributed by atoms with Crippen molar-refractivity contribution in [3.05, 3.63) is 48.6 Å². The summed E-state index contributed by atoms with van der Waals surface area (Å²) in [5.41, 5.74) is 0. The molecule has 0 heterocycles. The van der Waals surface area contributed by atoms with Gasteiger partial charge in [-0.3, -0.25) is 9.59 Å². The monoisotopic (exact) mass is 628 g/mol. The molecule has 260 valence electrons. The molecule has 0 aromatic rings. The number of Topliss-reactive ketones (excluding diaryl/α,β-unsaturated/α-hetero) is 1. The van der Waals surface area contributed by atoms with E-state index in [1.54, 1.807) is 0 Å². The average molecular weight is 628 g/mol. The molecular formula is C41H73NO3. The number of ether oxygens (including phenoxy) is 1. The number of hydrogen-bond donors (Lipinski definition) is 0. The number of allylic oxidation sites excluding steroid dienone is 8. The van der Waals surface area contributed by atoms with E-state index in [0.29, 0.717) is 25.8 Å². The van der Waals surface area contributed by atoms with Crippen LogP contribution in [0, 0.1) is 0 Å². The van der Waals surface area contributed by atoms with Gasteiger partial charge in [0, 0.05) is 13.0 Å². The maximum absolute atomic E-state index is 13.0. The SMILES string of the molecule is CCCCC/C=C/C/C=C/CCCCCCCC(=O)C(CCCCCCC/C=C/C/C=C/CCCCC)OC(=O)CCN(C)C. The minimum atomic E-state index is -0.566. The molecule has 0 rings (SSSR count). The van der Waals surface area contributed by atoms with E-state index in [4.69, 9.17) is 4.74 Å². The lowest BCUT2D eigenvalue weighted by Crippen LogP contribution is -2.29. The molecule has 1 atom stereocenters. The molecule has 0 bridgehead atoms. The van der Waals surface area contributed by atoms with Crippen LogP contribution in [0.3, 0.4) is 0 Å². The van der Waals surface area contributed by atoms with E-state index in [9.17, 15) is 9.59 Å². The highest BCUT2D eigenvalue weighted by molar-refractivity contribution is 5.85. The number of carbonyl (C=O) groups is 2. The summed E-state index contributed by atoms with van der Waals surface area (Å²) in [4.78, 5) is 27.4. The van der Waals surface area contributed by atoms with Gasteiger partial charge in [0.15, 0.2) is 11.9 Å². The summed E-state index contributed by atoms with van der Waals surface area (Å²) in [5, 5.41) is 0. The van der Waals surface area contributed by atoms with Crippen LogP contribution >= 0.6 is 0 Å². The van der Waals surface area contributed by atoms with E-state index >= 15 is 0 Å². The standard InChI is InChI=1S/C41H73NO3/c1-5-7-9-11-13-15-17-19-21-23-25-27-29-31-33-35-39(43)40(45-41(44)37-38-42(3)4)36-34-32-30-28-26-24-22-20-18-16-14-12-10-8-6-2/h13-16,19-22,40H,5-12,17-18,23-38H2,1-4H3/b15-13+,16-14+,21-19+,22-20+. The van der Waals surface area contributed by atoms with E-state index in [2.05, 4.69) is 62.5 Å². The number of nitrogens with zero attached hydrogens (tertiary/aromatic N) is 1. The largest absolute Gasteiger partial charge is 0.454 e. The fourth-order valence-corrected chi connectivity index (χ4v) is 5.23. The number of rotatable bonds is 33. The molecule has 0 radical (unpaired) electrons. The lowest BCUT2D eigenvalue weighted by molar-refractivity contribution is -0.155. The number of esters is 1. The van der Waals surface area contributed by atoms with E-state index in [-0.39, 0.29) is 11.8 Å². The third-order valence-corrected chi connectivity index (χ3v) is 8.19. The molecule has 4 heteroatoms. The van der Waals surface area contributed by atoms with Crippen LogP contribution in [-0.2, 0) is 14.3 Å². The fraction of sp³-hybridized carbons (Fsp3) is 0.756. The molecule has 0 aromatic carbocycles. The summed E-state index contributed by atoms with van der Waals surface area (Å²) in [7, 11) is 3.89. The summed E-state index contributed by atoms with van der Waals surface area (Å²) < 4.78 is 5.71. The molecular weight excluding hydrogens is 554 g/mol. The van der Waals surface area contributed by atoms with Gasteiger partial charge < -0.3 is 9.64 Å². The first kappa shape index (κ1) is 43.1. The van der Waals surface area contributed by atoms with Crippen molar-refractivity contribution in [3.8, 4) is 0 Å². The van der Waals surface area contributed by atoms with Crippen LogP contribution in [0.1, 0.15) is 174 Å². The molecule has 0 N–H and O–H groups in total. The first-order chi connectivity index (χ1) is 22.0. The third kappa shape index (κ3) is 33.2. The van der Waals surface area contributed by atoms with Crippen LogP contribution in [0.15, 0.2) is 48.6 Å². The molecule has 0 amide bonds. The Kier molecular flexibility index (Phi) is 33.4. The lowest BCUT2D eigenvalue weighted by atomic mass is 10.0. The molecule has 0 aromatic heterocycles. The Morgan fingerprint density at radius 3 is 1.42 bits per heavy atom. The normalized spacial score (nSPS) is 12.9. The first-order valence-corrected chi connectivity index (χ1v) is 19.0. The quantitative estimate of drug-likeness (QED) is 0.0412. The van der Waals surface area contributed by atoms with Crippen molar-refractivity contribution < 1.29 is 14.3 Å². The van der Waals surface area contributed by atoms with Gasteiger partial charge in [-0.2, -0.15) is 0 Å². The molecule has 0 spiro atoms. The molecule has 0 aliphatic carbocycles. The molecule has 1 unspecified atom stereocenters. The van der Waals surface area contributed by atoms with E-state index in [1.807, 2.05) is 19.0 Å². The lowest BCUT2D eigenvalue weighted by Gasteiger charge is -2.18. The van der Waals surface area contributed by atoms with Crippen molar-refractivity contribution in [1.29, 1.82) is 0 Å². The van der Waals surface area contributed by atoms with Crippen LogP contribution in [-0.4, -0.2) is 43.4 Å². The second kappa shape index (κ2) is 34.9. The Bertz CT molecular complexity index is 780. The Morgan fingerprint density at radius 2 is 0.956 bits per heavy atom. The smallest absolute Gasteiger partial charge is 0.307 e. The zero-order chi connectivity index (χ0) is 33.1. The fourth-order valence-electron chi connectivity index (χ4n) is 5.23. The van der Waals surface area contributed by atoms with Gasteiger partial charge in [0.2, 0.25) is 0 Å². The summed E-state index contributed by atoms with van der Waals surface area (Å²) >= 11 is 0. The van der Waals surface area contributed by atoms with Crippen LogP contribution in [0.2, 0.25) is 0 Å². The predicted octanol–water partition coefficient (Wildman–Crippen LogP) is 12.0. The van der Waals surface area contributed by atoms with Crippen molar-refractivity contribution in [2.45, 2.75) is 180 Å². The zero-order valence-electron chi connectivity index (χ0n) is 30.3. The highest BCUT2D eigenvalue weighted by atomic mass is 16.5. The Labute approximate surface area is 280 Å². The van der Waals surface area contributed by atoms with Crippen LogP contribution in [0.4, 0.5) is 0 Å². The molecule has 0 saturated heterocycles. The van der Waals surface area contributed by atoms with Gasteiger partial charge in [0.1, 0.15) is 0 Å². The van der Waals surface area contributed by atoms with Crippen molar-refractivity contribution in [3.63, 3.8) is 0 Å². The summed E-state index contributed by atoms with van der Waals surface area (Å²) in [6.07, 6.45) is 45.1. The number of carbonyl (C=O) groups excluding carboxylic acids is 2. The van der Waals surface area contributed by atoms with Gasteiger partial charge in [-0.15, -0.1) is 0 Å². The van der Waals surface area contributed by atoms with Crippen molar-refractivity contribution in [1.82, 2.24) is 4.90 Å². The molecule has 0 fully saturated rings. The van der Waals surface area contributed by atoms with Gasteiger partial charge in [-0.25, -0.2) is 0 Å². The average Bonchev–Trinajstić information content (AvgIpc) is 3.03. The highest BCUT2D eigenvalue weighted by Crippen LogP contribution is 2.16. The number of hydrogen-bond acceptors (Lipinski definition) is 4. The zero-order valence-corrected chi connectivity index (χ0v) is 30.3. The molecule has 4 nitrogen and oxygen atoms in total. The first-order valence-electron chi connectivity index (χ1n) is 19.0. The minimum Gasteiger partial charge on any atom is -0.454 e. The van der Waals surface area contributed by atoms with Gasteiger partial charge in [0.25, 0.3) is 0 Å². The Hall–Kier alpha value is -1.94. The molecule has 45 heavy (non-hydrogen) atoms. The van der Waals surface area contributed by atoms with Crippen molar-refractivity contribution in [2.24, 2.45) is 0 Å². The molecule has 0 aliphatic rings. The maximum atomic E-state index is 13.0. The van der Waals surface area contributed by atoms with Gasteiger partial charge in [0.05, 0.1) is 6.42 Å². The minimum absolute atomic E-state index is 0.114. The van der Waals surface area contributed by atoms with E-state index in [0.717, 1.165) is 57.8 Å². The van der Waals surface area contributed by atoms with Gasteiger partial charge >= 0.3 is 5.97 Å². The topological polar surface area (TPSA) is 46.6 Å². The van der Waals surface area contributed by atoms with Crippen LogP contribution in [0.25, 0.3) is 0 Å². The molecule has 0 saturated carbocycles. The van der Waals surface area contributed by atoms with Crippen LogP contribution in [0.5, 0.6) is 0 Å². The van der Waals surface area contributed by atoms with Gasteiger partial charge in [-0.1, -0.05) is 127 Å². The van der Waals surface area contributed by atoms with E-state index < -0.39 is 6.10 Å². The third-order valence-electron chi connectivity index (χ3n) is 8.19. The van der Waals surface area contributed by atoms with E-state index in [1.165, 1.54) is 83.5 Å². The van der Waals surface area contributed by atoms with Gasteiger partial charge in [-0.05, 0) is 97.6 Å². The maximum Gasteiger partial charge on any atom is 0.307 e.